The number of benzene rings is 1. The Bertz CT molecular complexity index is 1020. The lowest BCUT2D eigenvalue weighted by atomic mass is 10.0. The number of likely N-dealkylation sites (tertiary alicyclic amines) is 1. The van der Waals surface area contributed by atoms with Gasteiger partial charge >= 0.3 is 0 Å². The molecular formula is C21H26N6OS. The van der Waals surface area contributed by atoms with Gasteiger partial charge in [-0.15, -0.1) is 10.2 Å². The predicted octanol–water partition coefficient (Wildman–Crippen LogP) is 3.10. The molecule has 3 aromatic rings. The van der Waals surface area contributed by atoms with Crippen molar-refractivity contribution in [3.05, 3.63) is 47.2 Å². The standard InChI is InChI=1S/C21H26N6OS/c1-14-8-6-7-11-26(14)18(28)13-29-21-25-24-19-17(12-16-9-4-3-5-10-16)15(2)23-20(22)27(19)21/h3-5,9-10,14H,6-8,11-13H2,1-2H3,(H2,22,23)/t14-/m0/s1. The van der Waals surface area contributed by atoms with E-state index < -0.39 is 0 Å². The van der Waals surface area contributed by atoms with Crippen molar-refractivity contribution in [1.29, 1.82) is 0 Å². The van der Waals surface area contributed by atoms with Crippen LogP contribution in [0.3, 0.4) is 0 Å². The number of aryl methyl sites for hydroxylation is 1. The number of anilines is 1. The smallest absolute Gasteiger partial charge is 0.233 e. The minimum atomic E-state index is 0.141. The van der Waals surface area contributed by atoms with Gasteiger partial charge in [0.05, 0.1) is 5.75 Å². The van der Waals surface area contributed by atoms with Crippen LogP contribution in [-0.2, 0) is 11.2 Å². The van der Waals surface area contributed by atoms with Gasteiger partial charge in [-0.05, 0) is 38.7 Å². The van der Waals surface area contributed by atoms with Crippen LogP contribution < -0.4 is 5.73 Å². The van der Waals surface area contributed by atoms with Gasteiger partial charge in [-0.3, -0.25) is 4.79 Å². The molecular weight excluding hydrogens is 384 g/mol. The fraction of sp³-hybridized carbons (Fsp3) is 0.429. The van der Waals surface area contributed by atoms with Gasteiger partial charge in [-0.2, -0.15) is 0 Å². The normalized spacial score (nSPS) is 17.0. The molecule has 0 saturated carbocycles. The van der Waals surface area contributed by atoms with Crippen LogP contribution in [0, 0.1) is 6.92 Å². The van der Waals surface area contributed by atoms with Crippen molar-refractivity contribution in [1.82, 2.24) is 24.5 Å². The first-order valence-electron chi connectivity index (χ1n) is 10.0. The summed E-state index contributed by atoms with van der Waals surface area (Å²) in [7, 11) is 0. The summed E-state index contributed by atoms with van der Waals surface area (Å²) >= 11 is 1.37. The van der Waals surface area contributed by atoms with Crippen LogP contribution in [0.1, 0.15) is 43.0 Å². The molecule has 3 heterocycles. The molecule has 0 radical (unpaired) electrons. The zero-order valence-corrected chi connectivity index (χ0v) is 17.7. The monoisotopic (exact) mass is 410 g/mol. The van der Waals surface area contributed by atoms with Gasteiger partial charge in [-0.1, -0.05) is 42.1 Å². The lowest BCUT2D eigenvalue weighted by molar-refractivity contribution is -0.131. The number of amides is 1. The van der Waals surface area contributed by atoms with E-state index in [9.17, 15) is 4.79 Å². The summed E-state index contributed by atoms with van der Waals surface area (Å²) in [6.45, 7) is 4.90. The van der Waals surface area contributed by atoms with Gasteiger partial charge in [0.25, 0.3) is 0 Å². The van der Waals surface area contributed by atoms with Crippen molar-refractivity contribution >= 4 is 29.3 Å². The summed E-state index contributed by atoms with van der Waals surface area (Å²) in [6.07, 6.45) is 4.05. The molecule has 1 saturated heterocycles. The van der Waals surface area contributed by atoms with Gasteiger partial charge in [-0.25, -0.2) is 9.38 Å². The SMILES string of the molecule is Cc1nc(N)n2c(SCC(=O)N3CCCC[C@@H]3C)nnc2c1Cc1ccccc1. The fourth-order valence-electron chi connectivity index (χ4n) is 3.90. The maximum absolute atomic E-state index is 12.7. The number of aromatic nitrogens is 4. The molecule has 152 valence electrons. The number of carbonyl (C=O) groups is 1. The van der Waals surface area contributed by atoms with Crippen LogP contribution in [0.25, 0.3) is 5.65 Å². The van der Waals surface area contributed by atoms with Crippen LogP contribution in [0.4, 0.5) is 5.95 Å². The maximum atomic E-state index is 12.7. The Morgan fingerprint density at radius 3 is 2.79 bits per heavy atom. The van der Waals surface area contributed by atoms with E-state index in [1.165, 1.54) is 23.7 Å². The quantitative estimate of drug-likeness (QED) is 0.650. The summed E-state index contributed by atoms with van der Waals surface area (Å²) in [4.78, 5) is 19.2. The molecule has 4 rings (SSSR count). The molecule has 2 aromatic heterocycles. The van der Waals surface area contributed by atoms with E-state index in [0.717, 1.165) is 30.6 Å². The summed E-state index contributed by atoms with van der Waals surface area (Å²) in [5, 5.41) is 9.32. The van der Waals surface area contributed by atoms with E-state index >= 15 is 0 Å². The largest absolute Gasteiger partial charge is 0.369 e. The molecule has 0 aliphatic carbocycles. The molecule has 1 aliphatic heterocycles. The molecule has 1 atom stereocenters. The Labute approximate surface area is 174 Å². The highest BCUT2D eigenvalue weighted by molar-refractivity contribution is 7.99. The number of rotatable bonds is 5. The first-order valence-corrected chi connectivity index (χ1v) is 11.0. The Morgan fingerprint density at radius 2 is 2.03 bits per heavy atom. The van der Waals surface area contributed by atoms with E-state index in [1.54, 1.807) is 4.40 Å². The molecule has 1 aliphatic rings. The second-order valence-corrected chi connectivity index (χ2v) is 8.50. The molecule has 29 heavy (non-hydrogen) atoms. The molecule has 0 spiro atoms. The molecule has 2 N–H and O–H groups in total. The van der Waals surface area contributed by atoms with Crippen LogP contribution in [0.2, 0.25) is 0 Å². The van der Waals surface area contributed by atoms with E-state index in [0.29, 0.717) is 35.0 Å². The third-order valence-corrected chi connectivity index (χ3v) is 6.44. The molecule has 8 heteroatoms. The van der Waals surface area contributed by atoms with Gasteiger partial charge in [0.15, 0.2) is 10.8 Å². The van der Waals surface area contributed by atoms with Gasteiger partial charge in [0, 0.05) is 30.3 Å². The second-order valence-electron chi connectivity index (χ2n) is 7.56. The average molecular weight is 411 g/mol. The number of nitrogens with zero attached hydrogens (tertiary/aromatic N) is 5. The van der Waals surface area contributed by atoms with Crippen LogP contribution in [-0.4, -0.2) is 48.7 Å². The number of hydrogen-bond acceptors (Lipinski definition) is 6. The Morgan fingerprint density at radius 1 is 1.24 bits per heavy atom. The van der Waals surface area contributed by atoms with Crippen molar-refractivity contribution in [2.45, 2.75) is 50.7 Å². The van der Waals surface area contributed by atoms with E-state index in [1.807, 2.05) is 30.0 Å². The molecule has 7 nitrogen and oxygen atoms in total. The number of thioether (sulfide) groups is 1. The van der Waals surface area contributed by atoms with Crippen molar-refractivity contribution in [2.75, 3.05) is 18.0 Å². The predicted molar refractivity (Wildman–Crippen MR) is 115 cm³/mol. The molecule has 1 amide bonds. The number of nitrogen functional groups attached to an aromatic ring is 1. The van der Waals surface area contributed by atoms with Crippen LogP contribution in [0.15, 0.2) is 35.5 Å². The number of piperidine rings is 1. The number of fused-ring (bicyclic) bond motifs is 1. The minimum absolute atomic E-state index is 0.141. The number of carbonyl (C=O) groups excluding carboxylic acids is 1. The van der Waals surface area contributed by atoms with Crippen molar-refractivity contribution in [3.8, 4) is 0 Å². The van der Waals surface area contributed by atoms with Crippen molar-refractivity contribution in [2.24, 2.45) is 0 Å². The van der Waals surface area contributed by atoms with E-state index in [2.05, 4.69) is 34.2 Å². The van der Waals surface area contributed by atoms with Gasteiger partial charge in [0.1, 0.15) is 0 Å². The number of hydrogen-bond donors (Lipinski definition) is 1. The summed E-state index contributed by atoms with van der Waals surface area (Å²) < 4.78 is 1.77. The topological polar surface area (TPSA) is 89.4 Å². The van der Waals surface area contributed by atoms with Crippen LogP contribution >= 0.6 is 11.8 Å². The highest BCUT2D eigenvalue weighted by atomic mass is 32.2. The lowest BCUT2D eigenvalue weighted by Crippen LogP contribution is -2.42. The Kier molecular flexibility index (Phi) is 5.71. The molecule has 1 fully saturated rings. The van der Waals surface area contributed by atoms with Gasteiger partial charge in [0.2, 0.25) is 11.9 Å². The van der Waals surface area contributed by atoms with E-state index in [4.69, 9.17) is 5.73 Å². The second kappa shape index (κ2) is 8.41. The molecule has 0 unspecified atom stereocenters. The zero-order chi connectivity index (χ0) is 20.4. The first-order chi connectivity index (χ1) is 14.0. The van der Waals surface area contributed by atoms with Crippen molar-refractivity contribution < 1.29 is 4.79 Å². The third-order valence-electron chi connectivity index (χ3n) is 5.52. The van der Waals surface area contributed by atoms with E-state index in [-0.39, 0.29) is 5.91 Å². The fourth-order valence-corrected chi connectivity index (χ4v) is 4.73. The minimum Gasteiger partial charge on any atom is -0.369 e. The third kappa shape index (κ3) is 4.07. The highest BCUT2D eigenvalue weighted by Gasteiger charge is 2.24. The van der Waals surface area contributed by atoms with Gasteiger partial charge < -0.3 is 10.6 Å². The summed E-state index contributed by atoms with van der Waals surface area (Å²) in [5.41, 5.74) is 9.93. The molecule has 0 bridgehead atoms. The Hall–Kier alpha value is -2.61. The van der Waals surface area contributed by atoms with Crippen molar-refractivity contribution in [3.63, 3.8) is 0 Å². The Balaban J connectivity index is 1.58. The first kappa shape index (κ1) is 19.7. The maximum Gasteiger partial charge on any atom is 0.233 e. The summed E-state index contributed by atoms with van der Waals surface area (Å²) in [6, 6.07) is 10.5. The summed E-state index contributed by atoms with van der Waals surface area (Å²) in [5.74, 6) is 0.814. The average Bonchev–Trinajstić information content (AvgIpc) is 3.15. The highest BCUT2D eigenvalue weighted by Crippen LogP contribution is 2.26. The number of nitrogens with two attached hydrogens (primary N) is 1. The lowest BCUT2D eigenvalue weighted by Gasteiger charge is -2.33. The molecule has 1 aromatic carbocycles. The zero-order valence-electron chi connectivity index (χ0n) is 16.8. The van der Waals surface area contributed by atoms with Crippen LogP contribution in [0.5, 0.6) is 0 Å².